The summed E-state index contributed by atoms with van der Waals surface area (Å²) >= 11 is 4.84. The summed E-state index contributed by atoms with van der Waals surface area (Å²) in [4.78, 5) is 32.6. The number of allylic oxidation sites excluding steroid dienone is 1. The number of aromatic nitrogens is 1. The number of nitrogens with zero attached hydrogens (tertiary/aromatic N) is 3. The minimum Gasteiger partial charge on any atom is -0.493 e. The molecule has 4 aromatic rings. The molecular weight excluding hydrogens is 670 g/mol. The van der Waals surface area contributed by atoms with Gasteiger partial charge in [0, 0.05) is 15.6 Å². The van der Waals surface area contributed by atoms with Gasteiger partial charge in [-0.3, -0.25) is 9.36 Å². The van der Waals surface area contributed by atoms with Crippen LogP contribution in [0.2, 0.25) is 0 Å². The summed E-state index contributed by atoms with van der Waals surface area (Å²) in [7, 11) is 1.54. The average molecular weight is 703 g/mol. The van der Waals surface area contributed by atoms with Gasteiger partial charge in [0.2, 0.25) is 0 Å². The first kappa shape index (κ1) is 32.7. The molecule has 1 aliphatic rings. The number of methoxy groups -OCH3 is 1. The van der Waals surface area contributed by atoms with Crippen LogP contribution in [-0.2, 0) is 16.1 Å². The molecule has 0 amide bonds. The van der Waals surface area contributed by atoms with E-state index in [1.165, 1.54) is 23.0 Å². The largest absolute Gasteiger partial charge is 0.493 e. The Bertz CT molecular complexity index is 2060. The molecule has 0 aliphatic carbocycles. The number of carbonyl (C=O) groups excluding carboxylic acids is 1. The van der Waals surface area contributed by atoms with Crippen molar-refractivity contribution in [1.29, 1.82) is 5.26 Å². The van der Waals surface area contributed by atoms with Crippen molar-refractivity contribution in [3.05, 3.63) is 118 Å². The normalized spacial score (nSPS) is 14.4. The van der Waals surface area contributed by atoms with Crippen LogP contribution in [0.3, 0.4) is 0 Å². The number of nitriles is 1. The highest BCUT2D eigenvalue weighted by molar-refractivity contribution is 9.10. The number of ether oxygens (including phenoxy) is 4. The molecule has 3 aromatic carbocycles. The third-order valence-corrected chi connectivity index (χ3v) is 8.85. The van der Waals surface area contributed by atoms with E-state index in [0.29, 0.717) is 53.4 Å². The molecule has 2 heterocycles. The molecule has 1 aromatic heterocycles. The lowest BCUT2D eigenvalue weighted by atomic mass is 9.95. The molecule has 1 atom stereocenters. The van der Waals surface area contributed by atoms with Gasteiger partial charge in [0.25, 0.3) is 5.56 Å². The number of fused-ring (bicyclic) bond motifs is 1. The zero-order chi connectivity index (χ0) is 33.0. The average Bonchev–Trinajstić information content (AvgIpc) is 3.34. The topological polar surface area (TPSA) is 112 Å². The van der Waals surface area contributed by atoms with E-state index in [0.717, 1.165) is 5.56 Å². The Morgan fingerprint density at radius 2 is 1.87 bits per heavy atom. The second-order valence-electron chi connectivity index (χ2n) is 10.6. The molecule has 236 valence electrons. The van der Waals surface area contributed by atoms with Crippen molar-refractivity contribution in [3.63, 3.8) is 0 Å². The number of benzene rings is 3. The van der Waals surface area contributed by atoms with E-state index < -0.39 is 12.0 Å². The van der Waals surface area contributed by atoms with Gasteiger partial charge in [-0.05, 0) is 63.6 Å². The van der Waals surface area contributed by atoms with Crippen LogP contribution in [0, 0.1) is 11.3 Å². The second kappa shape index (κ2) is 14.2. The summed E-state index contributed by atoms with van der Waals surface area (Å²) < 4.78 is 25.8. The number of hydrogen-bond acceptors (Lipinski definition) is 9. The van der Waals surface area contributed by atoms with E-state index in [4.69, 9.17) is 18.9 Å². The highest BCUT2D eigenvalue weighted by atomic mass is 79.9. The quantitative estimate of drug-likeness (QED) is 0.192. The molecule has 0 fully saturated rings. The Morgan fingerprint density at radius 3 is 2.59 bits per heavy atom. The van der Waals surface area contributed by atoms with Gasteiger partial charge in [0.15, 0.2) is 16.3 Å². The molecule has 11 heteroatoms. The van der Waals surface area contributed by atoms with Crippen molar-refractivity contribution in [2.75, 3.05) is 13.7 Å². The van der Waals surface area contributed by atoms with Gasteiger partial charge < -0.3 is 18.9 Å². The number of esters is 1. The van der Waals surface area contributed by atoms with Crippen molar-refractivity contribution in [2.45, 2.75) is 46.4 Å². The van der Waals surface area contributed by atoms with E-state index in [1.807, 2.05) is 50.2 Å². The van der Waals surface area contributed by atoms with Crippen molar-refractivity contribution in [3.8, 4) is 23.3 Å². The van der Waals surface area contributed by atoms with Gasteiger partial charge in [-0.15, -0.1) is 0 Å². The van der Waals surface area contributed by atoms with Crippen LogP contribution in [0.15, 0.2) is 86.2 Å². The summed E-state index contributed by atoms with van der Waals surface area (Å²) in [5, 5.41) is 9.42. The van der Waals surface area contributed by atoms with Crippen LogP contribution < -0.4 is 29.1 Å². The van der Waals surface area contributed by atoms with E-state index >= 15 is 0 Å². The SMILES string of the molecule is CCOC(=O)C1=C(C)N=c2s/c(=C/c3cc(OC)c(OCc4ccccc4C#N)cc3Br)c(=O)n2[C@H]1c1ccccc1OC(C)C. The van der Waals surface area contributed by atoms with E-state index in [-0.39, 0.29) is 30.5 Å². The second-order valence-corrected chi connectivity index (χ2v) is 12.5. The lowest BCUT2D eigenvalue weighted by Gasteiger charge is -2.26. The Balaban J connectivity index is 1.61. The minimum absolute atomic E-state index is 0.131. The fourth-order valence-corrected chi connectivity index (χ4v) is 6.61. The number of carbonyl (C=O) groups is 1. The lowest BCUT2D eigenvalue weighted by molar-refractivity contribution is -0.139. The number of hydrogen-bond donors (Lipinski definition) is 0. The van der Waals surface area contributed by atoms with Crippen LogP contribution in [0.4, 0.5) is 0 Å². The molecule has 0 bridgehead atoms. The molecule has 0 spiro atoms. The highest BCUT2D eigenvalue weighted by Crippen LogP contribution is 2.37. The van der Waals surface area contributed by atoms with Gasteiger partial charge in [-0.1, -0.05) is 63.7 Å². The molecule has 46 heavy (non-hydrogen) atoms. The minimum atomic E-state index is -0.808. The van der Waals surface area contributed by atoms with Crippen LogP contribution >= 0.6 is 27.3 Å². The number of thiazole rings is 1. The number of halogens is 1. The molecule has 0 saturated heterocycles. The summed E-state index contributed by atoms with van der Waals surface area (Å²) in [5.74, 6) is 0.948. The molecule has 9 nitrogen and oxygen atoms in total. The molecule has 0 unspecified atom stereocenters. The van der Waals surface area contributed by atoms with Gasteiger partial charge in [-0.2, -0.15) is 5.26 Å². The van der Waals surface area contributed by atoms with Crippen molar-refractivity contribution >= 4 is 39.3 Å². The third kappa shape index (κ3) is 6.64. The molecule has 1 aliphatic heterocycles. The zero-order valence-electron chi connectivity index (χ0n) is 26.0. The number of rotatable bonds is 10. The van der Waals surface area contributed by atoms with Crippen LogP contribution in [0.25, 0.3) is 6.08 Å². The maximum atomic E-state index is 14.2. The fraction of sp³-hybridized carbons (Fsp3) is 0.257. The van der Waals surface area contributed by atoms with Gasteiger partial charge in [0.05, 0.1) is 47.3 Å². The zero-order valence-corrected chi connectivity index (χ0v) is 28.4. The third-order valence-electron chi connectivity index (χ3n) is 7.18. The van der Waals surface area contributed by atoms with Crippen LogP contribution in [0.1, 0.15) is 56.0 Å². The maximum absolute atomic E-state index is 14.2. The first-order chi connectivity index (χ1) is 22.2. The first-order valence-corrected chi connectivity index (χ1v) is 16.2. The molecule has 5 rings (SSSR count). The smallest absolute Gasteiger partial charge is 0.338 e. The first-order valence-electron chi connectivity index (χ1n) is 14.6. The van der Waals surface area contributed by atoms with Crippen LogP contribution in [0.5, 0.6) is 17.2 Å². The molecule has 0 saturated carbocycles. The van der Waals surface area contributed by atoms with Gasteiger partial charge in [-0.25, -0.2) is 9.79 Å². The number of para-hydroxylation sites is 1. The van der Waals surface area contributed by atoms with Crippen molar-refractivity contribution < 1.29 is 23.7 Å². The monoisotopic (exact) mass is 701 g/mol. The van der Waals surface area contributed by atoms with Crippen LogP contribution in [-0.4, -0.2) is 30.4 Å². The lowest BCUT2D eigenvalue weighted by Crippen LogP contribution is -2.40. The molecular formula is C35H32BrN3O6S. The Morgan fingerprint density at radius 1 is 1.13 bits per heavy atom. The Kier molecular flexibility index (Phi) is 10.1. The summed E-state index contributed by atoms with van der Waals surface area (Å²) in [6.45, 7) is 7.68. The van der Waals surface area contributed by atoms with E-state index in [1.54, 1.807) is 44.2 Å². The standard InChI is InChI=1S/C35H32BrN3O6S/c1-6-43-34(41)31-21(4)38-35-39(32(31)25-13-9-10-14-27(25)45-20(2)3)33(40)30(46-35)16-24-15-28(42-5)29(17-26(24)36)44-19-23-12-8-7-11-22(23)18-37/h7-17,20,32H,6,19H2,1-5H3/b30-16+/t32-/m0/s1. The summed E-state index contributed by atoms with van der Waals surface area (Å²) in [5.41, 5.74) is 3.05. The molecule has 0 N–H and O–H groups in total. The highest BCUT2D eigenvalue weighted by Gasteiger charge is 2.35. The summed E-state index contributed by atoms with van der Waals surface area (Å²) in [6.07, 6.45) is 1.62. The Hall–Kier alpha value is -4.66. The van der Waals surface area contributed by atoms with Crippen molar-refractivity contribution in [2.24, 2.45) is 4.99 Å². The predicted molar refractivity (Wildman–Crippen MR) is 179 cm³/mol. The Labute approximate surface area is 278 Å². The molecule has 0 radical (unpaired) electrons. The van der Waals surface area contributed by atoms with Gasteiger partial charge in [0.1, 0.15) is 18.4 Å². The predicted octanol–water partition coefficient (Wildman–Crippen LogP) is 5.81. The fourth-order valence-electron chi connectivity index (χ4n) is 5.14. The van der Waals surface area contributed by atoms with E-state index in [2.05, 4.69) is 27.0 Å². The van der Waals surface area contributed by atoms with E-state index in [9.17, 15) is 14.9 Å². The van der Waals surface area contributed by atoms with Crippen molar-refractivity contribution in [1.82, 2.24) is 4.57 Å². The van der Waals surface area contributed by atoms with Gasteiger partial charge >= 0.3 is 5.97 Å². The maximum Gasteiger partial charge on any atom is 0.338 e. The summed E-state index contributed by atoms with van der Waals surface area (Å²) in [6, 6.07) is 19.5.